The van der Waals surface area contributed by atoms with Crippen molar-refractivity contribution in [2.75, 3.05) is 5.32 Å². The molecule has 1 aromatic heterocycles. The molecule has 0 saturated heterocycles. The van der Waals surface area contributed by atoms with Crippen molar-refractivity contribution in [1.29, 1.82) is 0 Å². The van der Waals surface area contributed by atoms with Gasteiger partial charge in [0.1, 0.15) is 5.82 Å². The molecule has 5 heteroatoms. The summed E-state index contributed by atoms with van der Waals surface area (Å²) in [6.45, 7) is 6.07. The van der Waals surface area contributed by atoms with E-state index in [0.717, 1.165) is 17.1 Å². The van der Waals surface area contributed by atoms with E-state index in [9.17, 15) is 4.79 Å². The Bertz CT molecular complexity index is 898. The van der Waals surface area contributed by atoms with Gasteiger partial charge in [0.2, 0.25) is 5.91 Å². The maximum Gasteiger partial charge on any atom is 0.232 e. The van der Waals surface area contributed by atoms with Crippen molar-refractivity contribution in [2.24, 2.45) is 0 Å². The van der Waals surface area contributed by atoms with Gasteiger partial charge in [0, 0.05) is 12.1 Å². The summed E-state index contributed by atoms with van der Waals surface area (Å²) in [6.07, 6.45) is 0.824. The van der Waals surface area contributed by atoms with Crippen LogP contribution < -0.4 is 5.32 Å². The third-order valence-electron chi connectivity index (χ3n) is 4.01. The lowest BCUT2D eigenvalue weighted by atomic mass is 10.1. The van der Waals surface area contributed by atoms with Crippen molar-refractivity contribution in [1.82, 2.24) is 15.2 Å². The van der Waals surface area contributed by atoms with E-state index in [4.69, 9.17) is 0 Å². The molecule has 1 amide bonds. The Morgan fingerprint density at radius 1 is 1.08 bits per heavy atom. The lowest BCUT2D eigenvalue weighted by molar-refractivity contribution is -0.115. The zero-order chi connectivity index (χ0) is 17.8. The summed E-state index contributed by atoms with van der Waals surface area (Å²) in [5, 5.41) is 10.00. The zero-order valence-electron chi connectivity index (χ0n) is 14.8. The highest BCUT2D eigenvalue weighted by Crippen LogP contribution is 2.16. The summed E-state index contributed by atoms with van der Waals surface area (Å²) in [6, 6.07) is 14.2. The molecule has 1 heterocycles. The van der Waals surface area contributed by atoms with Gasteiger partial charge in [-0.25, -0.2) is 4.98 Å². The first-order valence-corrected chi connectivity index (χ1v) is 8.32. The molecule has 25 heavy (non-hydrogen) atoms. The van der Waals surface area contributed by atoms with Gasteiger partial charge in [-0.1, -0.05) is 47.5 Å². The fraction of sp³-hybridized carbons (Fsp3) is 0.250. The largest absolute Gasteiger partial charge is 0.325 e. The first kappa shape index (κ1) is 16.9. The number of H-pyrrole nitrogens is 1. The highest BCUT2D eigenvalue weighted by Gasteiger charge is 2.11. The van der Waals surface area contributed by atoms with Crippen molar-refractivity contribution >= 4 is 11.6 Å². The van der Waals surface area contributed by atoms with Gasteiger partial charge in [-0.3, -0.25) is 9.89 Å². The number of nitrogens with one attached hydrogen (secondary N) is 2. The highest BCUT2D eigenvalue weighted by molar-refractivity contribution is 5.92. The number of carbonyl (C=O) groups excluding carboxylic acids is 1. The van der Waals surface area contributed by atoms with Crippen LogP contribution in [0, 0.1) is 20.8 Å². The molecule has 5 nitrogen and oxygen atoms in total. The Balaban J connectivity index is 1.61. The second-order valence-electron chi connectivity index (χ2n) is 6.41. The second-order valence-corrected chi connectivity index (χ2v) is 6.41. The molecule has 2 N–H and O–H groups in total. The lowest BCUT2D eigenvalue weighted by Gasteiger charge is -2.08. The number of anilines is 1. The monoisotopic (exact) mass is 334 g/mol. The second kappa shape index (κ2) is 7.30. The number of aromatic amines is 1. The molecular weight excluding hydrogens is 312 g/mol. The van der Waals surface area contributed by atoms with Gasteiger partial charge >= 0.3 is 0 Å². The van der Waals surface area contributed by atoms with E-state index < -0.39 is 0 Å². The average molecular weight is 334 g/mol. The van der Waals surface area contributed by atoms with E-state index >= 15 is 0 Å². The van der Waals surface area contributed by atoms with Crippen molar-refractivity contribution < 1.29 is 4.79 Å². The molecule has 0 aliphatic heterocycles. The molecule has 128 valence electrons. The molecule has 0 saturated carbocycles. The molecule has 0 bridgehead atoms. The molecule has 0 radical (unpaired) electrons. The molecule has 3 aromatic rings. The molecule has 0 aliphatic carbocycles. The van der Waals surface area contributed by atoms with Crippen LogP contribution in [0.25, 0.3) is 0 Å². The quantitative estimate of drug-likeness (QED) is 0.750. The minimum Gasteiger partial charge on any atom is -0.325 e. The first-order valence-electron chi connectivity index (χ1n) is 8.32. The third-order valence-corrected chi connectivity index (χ3v) is 4.01. The summed E-state index contributed by atoms with van der Waals surface area (Å²) in [7, 11) is 0. The van der Waals surface area contributed by atoms with Gasteiger partial charge < -0.3 is 5.32 Å². The van der Waals surface area contributed by atoms with E-state index in [1.807, 2.05) is 38.1 Å². The summed E-state index contributed by atoms with van der Waals surface area (Å²) < 4.78 is 0. The molecule has 0 aliphatic rings. The first-order chi connectivity index (χ1) is 12.0. The van der Waals surface area contributed by atoms with Crippen LogP contribution in [-0.2, 0) is 17.6 Å². The number of aryl methyl sites for hydroxylation is 3. The van der Waals surface area contributed by atoms with Crippen LogP contribution >= 0.6 is 0 Å². The summed E-state index contributed by atoms with van der Waals surface area (Å²) in [4.78, 5) is 16.7. The SMILES string of the molecule is Cc1cccc(Cc2nc(CC(=O)Nc3ccc(C)cc3C)n[nH]2)c1. The summed E-state index contributed by atoms with van der Waals surface area (Å²) >= 11 is 0. The van der Waals surface area contributed by atoms with Gasteiger partial charge in [-0.2, -0.15) is 5.10 Å². The van der Waals surface area contributed by atoms with E-state index in [-0.39, 0.29) is 12.3 Å². The van der Waals surface area contributed by atoms with Crippen LogP contribution in [0.1, 0.15) is 33.9 Å². The van der Waals surface area contributed by atoms with Crippen LogP contribution in [0.2, 0.25) is 0 Å². The Kier molecular flexibility index (Phi) is 4.93. The maximum absolute atomic E-state index is 12.2. The molecule has 0 atom stereocenters. The Morgan fingerprint density at radius 2 is 1.88 bits per heavy atom. The van der Waals surface area contributed by atoms with E-state index in [1.54, 1.807) is 0 Å². The fourth-order valence-corrected chi connectivity index (χ4v) is 2.80. The zero-order valence-corrected chi connectivity index (χ0v) is 14.8. The van der Waals surface area contributed by atoms with Gasteiger partial charge in [0.25, 0.3) is 0 Å². The molecule has 0 fully saturated rings. The van der Waals surface area contributed by atoms with Gasteiger partial charge in [0.05, 0.1) is 6.42 Å². The number of hydrogen-bond donors (Lipinski definition) is 2. The number of benzene rings is 2. The molecular formula is C20H22N4O. The van der Waals surface area contributed by atoms with E-state index in [1.165, 1.54) is 16.7 Å². The number of rotatable bonds is 5. The van der Waals surface area contributed by atoms with Crippen molar-refractivity contribution in [3.63, 3.8) is 0 Å². The minimum atomic E-state index is -0.118. The average Bonchev–Trinajstić information content (AvgIpc) is 2.97. The smallest absolute Gasteiger partial charge is 0.232 e. The molecule has 3 rings (SSSR count). The van der Waals surface area contributed by atoms with Crippen LogP contribution in [0.3, 0.4) is 0 Å². The Hall–Kier alpha value is -2.95. The van der Waals surface area contributed by atoms with Crippen LogP contribution in [0.5, 0.6) is 0 Å². The number of aromatic nitrogens is 3. The predicted molar refractivity (Wildman–Crippen MR) is 98.6 cm³/mol. The standard InChI is InChI=1S/C20H22N4O/c1-13-5-4-6-16(10-13)11-18-22-19(24-23-18)12-20(25)21-17-8-7-14(2)9-15(17)3/h4-10H,11-12H2,1-3H3,(H,21,25)(H,22,23,24). The normalized spacial score (nSPS) is 10.7. The van der Waals surface area contributed by atoms with E-state index in [2.05, 4.69) is 45.6 Å². The van der Waals surface area contributed by atoms with Gasteiger partial charge in [0.15, 0.2) is 5.82 Å². The summed E-state index contributed by atoms with van der Waals surface area (Å²) in [5.41, 5.74) is 5.42. The van der Waals surface area contributed by atoms with Crippen LogP contribution in [-0.4, -0.2) is 21.1 Å². The summed E-state index contributed by atoms with van der Waals surface area (Å²) in [5.74, 6) is 1.15. The van der Waals surface area contributed by atoms with Crippen LogP contribution in [0.15, 0.2) is 42.5 Å². The van der Waals surface area contributed by atoms with Gasteiger partial charge in [-0.15, -0.1) is 0 Å². The van der Waals surface area contributed by atoms with Gasteiger partial charge in [-0.05, 0) is 38.0 Å². The lowest BCUT2D eigenvalue weighted by Crippen LogP contribution is -2.16. The Labute approximate surface area is 147 Å². The number of carbonyl (C=O) groups is 1. The fourth-order valence-electron chi connectivity index (χ4n) is 2.80. The van der Waals surface area contributed by atoms with Crippen molar-refractivity contribution in [2.45, 2.75) is 33.6 Å². The number of nitrogens with zero attached hydrogens (tertiary/aromatic N) is 2. The number of hydrogen-bond acceptors (Lipinski definition) is 3. The molecule has 0 unspecified atom stereocenters. The third kappa shape index (κ3) is 4.53. The van der Waals surface area contributed by atoms with Crippen molar-refractivity contribution in [3.05, 3.63) is 76.4 Å². The Morgan fingerprint density at radius 3 is 2.64 bits per heavy atom. The molecule has 0 spiro atoms. The predicted octanol–water partition coefficient (Wildman–Crippen LogP) is 3.50. The van der Waals surface area contributed by atoms with Crippen molar-refractivity contribution in [3.8, 4) is 0 Å². The highest BCUT2D eigenvalue weighted by atomic mass is 16.1. The topological polar surface area (TPSA) is 70.7 Å². The van der Waals surface area contributed by atoms with Crippen LogP contribution in [0.4, 0.5) is 5.69 Å². The molecule has 2 aromatic carbocycles. The number of amides is 1. The van der Waals surface area contributed by atoms with E-state index in [0.29, 0.717) is 12.2 Å². The minimum absolute atomic E-state index is 0.118. The maximum atomic E-state index is 12.2.